The fourth-order valence-electron chi connectivity index (χ4n) is 1.07. The van der Waals surface area contributed by atoms with E-state index in [-0.39, 0.29) is 6.04 Å². The fourth-order valence-corrected chi connectivity index (χ4v) is 1.25. The molecule has 1 nitrogen and oxygen atoms in total. The average molecular weight is 206 g/mol. The van der Waals surface area contributed by atoms with Gasteiger partial charge in [-0.05, 0) is 25.0 Å². The smallest absolute Gasteiger partial charge is 0.148 e. The Kier molecular flexibility index (Phi) is 3.22. The highest BCUT2D eigenvalue weighted by molar-refractivity contribution is 6.30. The number of hydrogen-bond acceptors (Lipinski definition) is 1. The van der Waals surface area contributed by atoms with E-state index in [1.165, 1.54) is 6.07 Å². The second kappa shape index (κ2) is 4.03. The number of halogens is 3. The van der Waals surface area contributed by atoms with Gasteiger partial charge in [-0.3, -0.25) is 0 Å². The molecule has 0 aliphatic heterocycles. The van der Waals surface area contributed by atoms with Crippen LogP contribution in [0.3, 0.4) is 0 Å². The summed E-state index contributed by atoms with van der Waals surface area (Å²) in [5.41, 5.74) is 5.83. The van der Waals surface area contributed by atoms with E-state index in [2.05, 4.69) is 0 Å². The molecule has 13 heavy (non-hydrogen) atoms. The molecule has 0 spiro atoms. The second-order valence-electron chi connectivity index (χ2n) is 3.02. The lowest BCUT2D eigenvalue weighted by Gasteiger charge is -2.07. The van der Waals surface area contributed by atoms with E-state index in [1.54, 1.807) is 6.92 Å². The van der Waals surface area contributed by atoms with Gasteiger partial charge < -0.3 is 5.73 Å². The molecule has 0 aliphatic rings. The first-order valence-corrected chi connectivity index (χ1v) is 4.28. The maximum absolute atomic E-state index is 13.2. The quantitative estimate of drug-likeness (QED) is 0.738. The van der Waals surface area contributed by atoms with Gasteiger partial charge in [0.1, 0.15) is 16.7 Å². The molecule has 0 radical (unpaired) electrons. The Bertz CT molecular complexity index is 313. The van der Waals surface area contributed by atoms with Crippen LogP contribution in [0.1, 0.15) is 12.5 Å². The van der Waals surface area contributed by atoms with Crippen molar-refractivity contribution < 1.29 is 8.78 Å². The van der Waals surface area contributed by atoms with Crippen molar-refractivity contribution in [2.75, 3.05) is 0 Å². The zero-order chi connectivity index (χ0) is 10.0. The van der Waals surface area contributed by atoms with Crippen molar-refractivity contribution in [1.82, 2.24) is 0 Å². The van der Waals surface area contributed by atoms with Gasteiger partial charge in [0.15, 0.2) is 0 Å². The van der Waals surface area contributed by atoms with E-state index < -0.39 is 16.7 Å². The van der Waals surface area contributed by atoms with Crippen molar-refractivity contribution in [3.05, 3.63) is 34.4 Å². The third-order valence-electron chi connectivity index (χ3n) is 1.66. The van der Waals surface area contributed by atoms with Crippen LogP contribution in [0, 0.1) is 11.6 Å². The van der Waals surface area contributed by atoms with Crippen LogP contribution in [0.2, 0.25) is 5.02 Å². The highest BCUT2D eigenvalue weighted by atomic mass is 35.5. The molecule has 0 saturated heterocycles. The van der Waals surface area contributed by atoms with Crippen LogP contribution in [0.4, 0.5) is 8.78 Å². The summed E-state index contributed by atoms with van der Waals surface area (Å²) in [4.78, 5) is 0. The number of nitrogens with two attached hydrogens (primary N) is 1. The number of rotatable bonds is 2. The van der Waals surface area contributed by atoms with E-state index in [0.29, 0.717) is 12.0 Å². The Labute approximate surface area is 80.5 Å². The fraction of sp³-hybridized carbons (Fsp3) is 0.333. The van der Waals surface area contributed by atoms with Gasteiger partial charge in [0.2, 0.25) is 0 Å². The van der Waals surface area contributed by atoms with Gasteiger partial charge >= 0.3 is 0 Å². The molecule has 0 amide bonds. The van der Waals surface area contributed by atoms with Crippen LogP contribution < -0.4 is 5.73 Å². The monoisotopic (exact) mass is 205 g/mol. The Morgan fingerprint density at radius 1 is 1.46 bits per heavy atom. The zero-order valence-corrected chi connectivity index (χ0v) is 7.91. The standard InChI is InChI=1S/C9H10ClF2N/c1-5(13)4-6-2-3-7(11)8(10)9(6)12/h2-3,5H,4,13H2,1H3/t5-/m0/s1. The molecule has 4 heteroatoms. The summed E-state index contributed by atoms with van der Waals surface area (Å²) in [6.07, 6.45) is 0.353. The predicted octanol–water partition coefficient (Wildman–Crippen LogP) is 2.51. The lowest BCUT2D eigenvalue weighted by Crippen LogP contribution is -2.18. The molecule has 1 aromatic rings. The molecule has 1 aromatic carbocycles. The first-order chi connectivity index (χ1) is 6.02. The molecule has 0 saturated carbocycles. The third kappa shape index (κ3) is 2.39. The molecule has 0 unspecified atom stereocenters. The molecule has 0 aliphatic carbocycles. The van der Waals surface area contributed by atoms with Crippen LogP contribution in [-0.4, -0.2) is 6.04 Å². The first-order valence-electron chi connectivity index (χ1n) is 3.90. The first kappa shape index (κ1) is 10.4. The molecular formula is C9H10ClF2N. The van der Waals surface area contributed by atoms with Gasteiger partial charge in [0.05, 0.1) is 0 Å². The molecular weight excluding hydrogens is 196 g/mol. The van der Waals surface area contributed by atoms with Crippen molar-refractivity contribution in [3.63, 3.8) is 0 Å². The van der Waals surface area contributed by atoms with Crippen LogP contribution in [0.5, 0.6) is 0 Å². The van der Waals surface area contributed by atoms with Crippen molar-refractivity contribution in [1.29, 1.82) is 0 Å². The minimum atomic E-state index is -0.743. The summed E-state index contributed by atoms with van der Waals surface area (Å²) in [7, 11) is 0. The zero-order valence-electron chi connectivity index (χ0n) is 7.15. The Hall–Kier alpha value is -0.670. The Balaban J connectivity index is 3.04. The summed E-state index contributed by atoms with van der Waals surface area (Å²) >= 11 is 5.38. The van der Waals surface area contributed by atoms with Gasteiger partial charge in [-0.1, -0.05) is 17.7 Å². The maximum atomic E-state index is 13.2. The molecule has 1 atom stereocenters. The summed E-state index contributed by atoms with van der Waals surface area (Å²) in [5.74, 6) is -1.45. The minimum absolute atomic E-state index is 0.170. The van der Waals surface area contributed by atoms with E-state index >= 15 is 0 Å². The molecule has 2 N–H and O–H groups in total. The van der Waals surface area contributed by atoms with Crippen molar-refractivity contribution in [2.45, 2.75) is 19.4 Å². The Morgan fingerprint density at radius 3 is 2.62 bits per heavy atom. The number of benzene rings is 1. The van der Waals surface area contributed by atoms with E-state index in [0.717, 1.165) is 6.07 Å². The van der Waals surface area contributed by atoms with Gasteiger partial charge in [-0.25, -0.2) is 8.78 Å². The SMILES string of the molecule is C[C@H](N)Cc1ccc(F)c(Cl)c1F. The average Bonchev–Trinajstić information content (AvgIpc) is 2.06. The van der Waals surface area contributed by atoms with Gasteiger partial charge in [0.25, 0.3) is 0 Å². The van der Waals surface area contributed by atoms with E-state index in [1.807, 2.05) is 0 Å². The van der Waals surface area contributed by atoms with Gasteiger partial charge in [-0.15, -0.1) is 0 Å². The molecule has 0 aromatic heterocycles. The summed E-state index contributed by atoms with van der Waals surface area (Å²) in [5, 5.41) is -0.460. The third-order valence-corrected chi connectivity index (χ3v) is 2.00. The molecule has 1 rings (SSSR count). The lowest BCUT2D eigenvalue weighted by molar-refractivity contribution is 0.565. The highest BCUT2D eigenvalue weighted by Crippen LogP contribution is 2.22. The molecule has 0 bridgehead atoms. The van der Waals surface area contributed by atoms with Crippen LogP contribution >= 0.6 is 11.6 Å². The molecule has 0 heterocycles. The molecule has 72 valence electrons. The normalized spacial score (nSPS) is 13.0. The largest absolute Gasteiger partial charge is 0.328 e. The lowest BCUT2D eigenvalue weighted by atomic mass is 10.1. The van der Waals surface area contributed by atoms with Crippen LogP contribution in [0.25, 0.3) is 0 Å². The van der Waals surface area contributed by atoms with Crippen LogP contribution in [0.15, 0.2) is 12.1 Å². The molecule has 0 fully saturated rings. The summed E-state index contributed by atoms with van der Waals surface area (Å²) in [6.45, 7) is 1.75. The predicted molar refractivity (Wildman–Crippen MR) is 48.7 cm³/mol. The topological polar surface area (TPSA) is 26.0 Å². The summed E-state index contributed by atoms with van der Waals surface area (Å²) < 4.78 is 25.9. The number of hydrogen-bond donors (Lipinski definition) is 1. The van der Waals surface area contributed by atoms with Crippen molar-refractivity contribution in [3.8, 4) is 0 Å². The van der Waals surface area contributed by atoms with E-state index in [9.17, 15) is 8.78 Å². The maximum Gasteiger partial charge on any atom is 0.148 e. The van der Waals surface area contributed by atoms with Gasteiger partial charge in [0, 0.05) is 6.04 Å². The van der Waals surface area contributed by atoms with E-state index in [4.69, 9.17) is 17.3 Å². The Morgan fingerprint density at radius 2 is 2.08 bits per heavy atom. The van der Waals surface area contributed by atoms with Crippen LogP contribution in [-0.2, 0) is 6.42 Å². The summed E-state index contributed by atoms with van der Waals surface area (Å²) in [6, 6.07) is 2.33. The van der Waals surface area contributed by atoms with Crippen molar-refractivity contribution in [2.24, 2.45) is 5.73 Å². The second-order valence-corrected chi connectivity index (χ2v) is 3.39. The van der Waals surface area contributed by atoms with Crippen molar-refractivity contribution >= 4 is 11.6 Å². The highest BCUT2D eigenvalue weighted by Gasteiger charge is 2.12. The van der Waals surface area contributed by atoms with Gasteiger partial charge in [-0.2, -0.15) is 0 Å². The minimum Gasteiger partial charge on any atom is -0.328 e.